The minimum Gasteiger partial charge on any atom is -0.491 e. The van der Waals surface area contributed by atoms with E-state index in [2.05, 4.69) is 35.1 Å². The summed E-state index contributed by atoms with van der Waals surface area (Å²) in [6, 6.07) is 6.23. The minimum atomic E-state index is 0.0355. The lowest BCUT2D eigenvalue weighted by molar-refractivity contribution is 0.201. The van der Waals surface area contributed by atoms with Gasteiger partial charge in [0.1, 0.15) is 12.4 Å². The molecular weight excluding hydrogens is 282 g/mol. The number of ether oxygens (including phenoxy) is 1. The van der Waals surface area contributed by atoms with Crippen LogP contribution in [0.15, 0.2) is 22.7 Å². The van der Waals surface area contributed by atoms with Gasteiger partial charge in [-0.05, 0) is 37.6 Å². The van der Waals surface area contributed by atoms with E-state index in [-0.39, 0.29) is 6.61 Å². The molecule has 1 unspecified atom stereocenters. The Labute approximate surface area is 111 Å². The number of hydrogen-bond acceptors (Lipinski definition) is 3. The maximum Gasteiger partial charge on any atom is 0.120 e. The smallest absolute Gasteiger partial charge is 0.120 e. The molecule has 96 valence electrons. The van der Waals surface area contributed by atoms with Gasteiger partial charge < -0.3 is 15.2 Å². The molecule has 1 atom stereocenters. The van der Waals surface area contributed by atoms with Crippen molar-refractivity contribution < 1.29 is 9.84 Å². The fraction of sp³-hybridized carbons (Fsp3) is 0.538. The van der Waals surface area contributed by atoms with Crippen LogP contribution in [0.2, 0.25) is 0 Å². The lowest BCUT2D eigenvalue weighted by Gasteiger charge is -2.16. The highest BCUT2D eigenvalue weighted by Crippen LogP contribution is 2.27. The summed E-state index contributed by atoms with van der Waals surface area (Å²) < 4.78 is 6.38. The van der Waals surface area contributed by atoms with Crippen LogP contribution >= 0.6 is 15.9 Å². The quantitative estimate of drug-likeness (QED) is 0.814. The lowest BCUT2D eigenvalue weighted by atomic mass is 10.1. The average molecular weight is 302 g/mol. The first kappa shape index (κ1) is 14.5. The first-order chi connectivity index (χ1) is 8.19. The highest BCUT2D eigenvalue weighted by molar-refractivity contribution is 9.10. The van der Waals surface area contributed by atoms with E-state index >= 15 is 0 Å². The molecule has 0 amide bonds. The van der Waals surface area contributed by atoms with Crippen LogP contribution in [0.1, 0.15) is 31.9 Å². The third-order valence-electron chi connectivity index (χ3n) is 2.50. The zero-order valence-corrected chi connectivity index (χ0v) is 12.0. The Morgan fingerprint density at radius 3 is 2.82 bits per heavy atom. The van der Waals surface area contributed by atoms with Crippen molar-refractivity contribution in [3.8, 4) is 5.75 Å². The monoisotopic (exact) mass is 301 g/mol. The molecule has 0 fully saturated rings. The van der Waals surface area contributed by atoms with E-state index in [1.54, 1.807) is 0 Å². The molecule has 0 aliphatic rings. The largest absolute Gasteiger partial charge is 0.491 e. The highest BCUT2D eigenvalue weighted by Gasteiger charge is 2.09. The van der Waals surface area contributed by atoms with Crippen molar-refractivity contribution in [1.82, 2.24) is 5.32 Å². The molecule has 1 aromatic rings. The Morgan fingerprint density at radius 1 is 1.47 bits per heavy atom. The van der Waals surface area contributed by atoms with E-state index in [1.807, 2.05) is 18.2 Å². The molecule has 0 heterocycles. The van der Waals surface area contributed by atoms with Crippen molar-refractivity contribution in [3.63, 3.8) is 0 Å². The van der Waals surface area contributed by atoms with E-state index in [1.165, 1.54) is 5.56 Å². The minimum absolute atomic E-state index is 0.0355. The van der Waals surface area contributed by atoms with Crippen LogP contribution in [0.4, 0.5) is 0 Å². The first-order valence-electron chi connectivity index (χ1n) is 5.95. The summed E-state index contributed by atoms with van der Waals surface area (Å²) in [5, 5.41) is 12.1. The maximum absolute atomic E-state index is 8.69. The molecule has 0 spiro atoms. The molecule has 0 saturated heterocycles. The number of halogens is 1. The second kappa shape index (κ2) is 7.69. The average Bonchev–Trinajstić information content (AvgIpc) is 2.33. The van der Waals surface area contributed by atoms with Gasteiger partial charge in [0.25, 0.3) is 0 Å². The normalized spacial score (nSPS) is 12.5. The van der Waals surface area contributed by atoms with Crippen molar-refractivity contribution in [2.45, 2.75) is 26.3 Å². The number of rotatable bonds is 7. The maximum atomic E-state index is 8.69. The molecule has 1 aromatic carbocycles. The molecule has 17 heavy (non-hydrogen) atoms. The Kier molecular flexibility index (Phi) is 6.55. The number of aliphatic hydroxyl groups is 1. The van der Waals surface area contributed by atoms with Gasteiger partial charge in [0.15, 0.2) is 0 Å². The Hall–Kier alpha value is -0.580. The molecule has 1 rings (SSSR count). The van der Waals surface area contributed by atoms with Crippen LogP contribution in [0.3, 0.4) is 0 Å². The summed E-state index contributed by atoms with van der Waals surface area (Å²) in [4.78, 5) is 0. The molecule has 0 aliphatic heterocycles. The summed E-state index contributed by atoms with van der Waals surface area (Å²) in [7, 11) is 0. The van der Waals surface area contributed by atoms with Crippen LogP contribution in [-0.4, -0.2) is 24.9 Å². The van der Waals surface area contributed by atoms with Gasteiger partial charge in [0, 0.05) is 10.5 Å². The van der Waals surface area contributed by atoms with E-state index in [9.17, 15) is 0 Å². The van der Waals surface area contributed by atoms with Crippen LogP contribution < -0.4 is 10.1 Å². The van der Waals surface area contributed by atoms with Crippen LogP contribution in [-0.2, 0) is 0 Å². The second-order valence-corrected chi connectivity index (χ2v) is 4.79. The van der Waals surface area contributed by atoms with Crippen LogP contribution in [0.25, 0.3) is 0 Å². The van der Waals surface area contributed by atoms with Gasteiger partial charge in [-0.2, -0.15) is 0 Å². The number of aliphatic hydroxyl groups excluding tert-OH is 1. The van der Waals surface area contributed by atoms with Crippen LogP contribution in [0, 0.1) is 0 Å². The summed E-state index contributed by atoms with van der Waals surface area (Å²) in [5.74, 6) is 0.775. The van der Waals surface area contributed by atoms with Crippen molar-refractivity contribution in [3.05, 3.63) is 28.2 Å². The molecule has 0 radical (unpaired) electrons. The summed E-state index contributed by atoms with van der Waals surface area (Å²) in [6.45, 7) is 5.67. The first-order valence-corrected chi connectivity index (χ1v) is 6.74. The molecule has 3 nitrogen and oxygen atoms in total. The van der Waals surface area contributed by atoms with Crippen LogP contribution in [0.5, 0.6) is 5.75 Å². The van der Waals surface area contributed by atoms with Crippen molar-refractivity contribution in [2.24, 2.45) is 0 Å². The predicted octanol–water partition coefficient (Wildman–Crippen LogP) is 2.88. The number of hydrogen-bond donors (Lipinski definition) is 2. The van der Waals surface area contributed by atoms with Gasteiger partial charge in [-0.25, -0.2) is 0 Å². The van der Waals surface area contributed by atoms with Crippen molar-refractivity contribution in [2.75, 3.05) is 19.8 Å². The van der Waals surface area contributed by atoms with Gasteiger partial charge in [-0.15, -0.1) is 0 Å². The van der Waals surface area contributed by atoms with Gasteiger partial charge in [0.2, 0.25) is 0 Å². The molecule has 4 heteroatoms. The zero-order chi connectivity index (χ0) is 12.7. The number of nitrogens with one attached hydrogen (secondary N) is 1. The predicted molar refractivity (Wildman–Crippen MR) is 73.4 cm³/mol. The van der Waals surface area contributed by atoms with Gasteiger partial charge in [-0.3, -0.25) is 0 Å². The van der Waals surface area contributed by atoms with Gasteiger partial charge in [0.05, 0.1) is 6.61 Å². The summed E-state index contributed by atoms with van der Waals surface area (Å²) in [6.07, 6.45) is 1.12. The Balaban J connectivity index is 2.68. The van der Waals surface area contributed by atoms with E-state index in [0.717, 1.165) is 23.2 Å². The lowest BCUT2D eigenvalue weighted by Crippen LogP contribution is -2.19. The van der Waals surface area contributed by atoms with Crippen molar-refractivity contribution >= 4 is 15.9 Å². The molecule has 2 N–H and O–H groups in total. The topological polar surface area (TPSA) is 41.5 Å². The fourth-order valence-corrected chi connectivity index (χ4v) is 2.28. The third kappa shape index (κ3) is 4.66. The summed E-state index contributed by atoms with van der Waals surface area (Å²) in [5.41, 5.74) is 1.22. The van der Waals surface area contributed by atoms with E-state index < -0.39 is 0 Å². The highest BCUT2D eigenvalue weighted by atomic mass is 79.9. The standard InChI is InChI=1S/C13H20BrNO2/c1-3-6-15-10(2)12-5-4-11(9-13(12)14)17-8-7-16/h4-5,9-10,15-16H,3,6-8H2,1-2H3. The fourth-order valence-electron chi connectivity index (χ4n) is 1.58. The molecular formula is C13H20BrNO2. The SMILES string of the molecule is CCCNC(C)c1ccc(OCCO)cc1Br. The van der Waals surface area contributed by atoms with Gasteiger partial charge in [-0.1, -0.05) is 28.9 Å². The van der Waals surface area contributed by atoms with Crippen molar-refractivity contribution in [1.29, 1.82) is 0 Å². The Bertz CT molecular complexity index is 344. The summed E-state index contributed by atoms with van der Waals surface area (Å²) >= 11 is 3.55. The molecule has 0 aromatic heterocycles. The molecule has 0 aliphatic carbocycles. The molecule has 0 saturated carbocycles. The second-order valence-electron chi connectivity index (χ2n) is 3.93. The molecule has 0 bridgehead atoms. The Morgan fingerprint density at radius 2 is 2.24 bits per heavy atom. The zero-order valence-electron chi connectivity index (χ0n) is 10.4. The van der Waals surface area contributed by atoms with Gasteiger partial charge >= 0.3 is 0 Å². The van der Waals surface area contributed by atoms with E-state index in [4.69, 9.17) is 9.84 Å². The van der Waals surface area contributed by atoms with E-state index in [0.29, 0.717) is 12.6 Å². The third-order valence-corrected chi connectivity index (χ3v) is 3.19. The number of benzene rings is 1.